The van der Waals surface area contributed by atoms with Gasteiger partial charge in [-0.3, -0.25) is 10.1 Å². The third-order valence-electron chi connectivity index (χ3n) is 2.43. The Balaban J connectivity index is 2.41. The minimum absolute atomic E-state index is 0.0606. The van der Waals surface area contributed by atoms with E-state index in [9.17, 15) is 10.1 Å². The fourth-order valence-electron chi connectivity index (χ4n) is 1.41. The zero-order valence-corrected chi connectivity index (χ0v) is 10.5. The van der Waals surface area contributed by atoms with Crippen LogP contribution in [0.1, 0.15) is 32.6 Å². The van der Waals surface area contributed by atoms with Gasteiger partial charge in [-0.2, -0.15) is 4.99 Å². The summed E-state index contributed by atoms with van der Waals surface area (Å²) in [7, 11) is 0. The first kappa shape index (κ1) is 14.1. The molecule has 0 unspecified atom stereocenters. The molecule has 1 aromatic rings. The van der Waals surface area contributed by atoms with Crippen molar-refractivity contribution < 1.29 is 4.92 Å². The molecule has 0 atom stereocenters. The molecule has 0 heterocycles. The maximum atomic E-state index is 10.4. The van der Waals surface area contributed by atoms with E-state index < -0.39 is 4.92 Å². The molecule has 1 aromatic carbocycles. The second-order valence-electron chi connectivity index (χ2n) is 3.93. The number of benzene rings is 1. The molecule has 0 aliphatic carbocycles. The minimum atomic E-state index is -0.435. The maximum Gasteiger partial charge on any atom is 0.269 e. The van der Waals surface area contributed by atoms with E-state index in [4.69, 9.17) is 0 Å². The third-order valence-corrected chi connectivity index (χ3v) is 2.43. The van der Waals surface area contributed by atoms with Gasteiger partial charge >= 0.3 is 0 Å². The summed E-state index contributed by atoms with van der Waals surface area (Å²) in [6, 6.07) is 8.61. The Morgan fingerprint density at radius 1 is 1.22 bits per heavy atom. The van der Waals surface area contributed by atoms with E-state index in [-0.39, 0.29) is 5.69 Å². The number of hydrogen-bond acceptors (Lipinski definition) is 4. The Morgan fingerprint density at radius 2 is 1.94 bits per heavy atom. The van der Waals surface area contributed by atoms with Crippen LogP contribution in [0.4, 0.5) is 11.4 Å². The number of nitro benzene ring substituents is 1. The molecule has 0 aromatic heterocycles. The van der Waals surface area contributed by atoms with Gasteiger partial charge in [-0.25, -0.2) is 4.99 Å². The molecule has 18 heavy (non-hydrogen) atoms. The number of aliphatic imine (C=N–C) groups is 2. The van der Waals surface area contributed by atoms with Gasteiger partial charge in [0, 0.05) is 18.7 Å². The van der Waals surface area contributed by atoms with Crippen molar-refractivity contribution in [3.63, 3.8) is 0 Å². The van der Waals surface area contributed by atoms with Crippen molar-refractivity contribution in [3.8, 4) is 0 Å². The van der Waals surface area contributed by atoms with Gasteiger partial charge in [0.05, 0.1) is 16.6 Å². The summed E-state index contributed by atoms with van der Waals surface area (Å²) in [5.74, 6) is 0. The van der Waals surface area contributed by atoms with E-state index >= 15 is 0 Å². The maximum absolute atomic E-state index is 10.4. The molecule has 5 nitrogen and oxygen atoms in total. The summed E-state index contributed by atoms with van der Waals surface area (Å²) in [5.41, 5.74) is 0.684. The van der Waals surface area contributed by atoms with Crippen molar-refractivity contribution in [3.05, 3.63) is 34.4 Å². The van der Waals surface area contributed by atoms with Gasteiger partial charge < -0.3 is 0 Å². The first-order valence-corrected chi connectivity index (χ1v) is 6.10. The van der Waals surface area contributed by atoms with Crippen LogP contribution < -0.4 is 0 Å². The van der Waals surface area contributed by atoms with E-state index in [0.717, 1.165) is 13.0 Å². The third kappa shape index (κ3) is 5.37. The molecule has 0 fully saturated rings. The molecular formula is C13H17N3O2. The normalized spacial score (nSPS) is 9.61. The first-order valence-electron chi connectivity index (χ1n) is 6.10. The second kappa shape index (κ2) is 8.14. The monoisotopic (exact) mass is 247 g/mol. The molecule has 0 aliphatic rings. The Kier molecular flexibility index (Phi) is 6.36. The van der Waals surface area contributed by atoms with Crippen LogP contribution in [0.5, 0.6) is 0 Å². The van der Waals surface area contributed by atoms with E-state index in [0.29, 0.717) is 5.69 Å². The van der Waals surface area contributed by atoms with Gasteiger partial charge in [0.25, 0.3) is 5.69 Å². The average molecular weight is 247 g/mol. The van der Waals surface area contributed by atoms with Crippen LogP contribution in [-0.2, 0) is 0 Å². The lowest BCUT2D eigenvalue weighted by molar-refractivity contribution is -0.384. The highest BCUT2D eigenvalue weighted by atomic mass is 16.6. The molecule has 1 rings (SSSR count). The predicted octanol–water partition coefficient (Wildman–Crippen LogP) is 3.98. The number of hydrogen-bond donors (Lipinski definition) is 0. The Morgan fingerprint density at radius 3 is 2.56 bits per heavy atom. The lowest BCUT2D eigenvalue weighted by Crippen LogP contribution is -1.85. The fraction of sp³-hybridized carbons (Fsp3) is 0.462. The van der Waals surface area contributed by atoms with Gasteiger partial charge in [-0.05, 0) is 18.6 Å². The quantitative estimate of drug-likeness (QED) is 0.316. The summed E-state index contributed by atoms with van der Waals surface area (Å²) in [6.07, 6.45) is 4.67. The van der Waals surface area contributed by atoms with Gasteiger partial charge in [0.2, 0.25) is 0 Å². The zero-order valence-electron chi connectivity index (χ0n) is 10.5. The Bertz CT molecular complexity index is 434. The van der Waals surface area contributed by atoms with Gasteiger partial charge in [0.15, 0.2) is 0 Å². The Labute approximate surface area is 106 Å². The molecule has 0 saturated carbocycles. The summed E-state index contributed by atoms with van der Waals surface area (Å²) in [6.45, 7) is 2.90. The number of nitrogens with zero attached hydrogens (tertiary/aromatic N) is 3. The molecule has 5 heteroatoms. The first-order chi connectivity index (χ1) is 8.74. The predicted molar refractivity (Wildman–Crippen MR) is 71.6 cm³/mol. The molecule has 0 bridgehead atoms. The number of unbranched alkanes of at least 4 members (excludes halogenated alkanes) is 3. The van der Waals surface area contributed by atoms with Crippen molar-refractivity contribution >= 4 is 17.4 Å². The van der Waals surface area contributed by atoms with Crippen LogP contribution in [0.25, 0.3) is 0 Å². The summed E-state index contributed by atoms with van der Waals surface area (Å²) < 4.78 is 0. The number of non-ortho nitro benzene ring substituents is 1. The molecule has 0 aliphatic heterocycles. The molecule has 0 saturated heterocycles. The van der Waals surface area contributed by atoms with E-state index in [2.05, 4.69) is 22.9 Å². The second-order valence-corrected chi connectivity index (χ2v) is 3.93. The number of rotatable bonds is 7. The topological polar surface area (TPSA) is 67.9 Å². The van der Waals surface area contributed by atoms with Gasteiger partial charge in [0.1, 0.15) is 0 Å². The van der Waals surface area contributed by atoms with Crippen LogP contribution in [0, 0.1) is 10.1 Å². The van der Waals surface area contributed by atoms with Crippen LogP contribution in [-0.4, -0.2) is 17.5 Å². The summed E-state index contributed by atoms with van der Waals surface area (Å²) in [5, 5.41) is 10.4. The van der Waals surface area contributed by atoms with Crippen molar-refractivity contribution in [2.24, 2.45) is 9.98 Å². The van der Waals surface area contributed by atoms with Crippen molar-refractivity contribution in [1.29, 1.82) is 0 Å². The molecule has 0 radical (unpaired) electrons. The van der Waals surface area contributed by atoms with Crippen LogP contribution in [0.15, 0.2) is 34.3 Å². The van der Waals surface area contributed by atoms with Crippen LogP contribution in [0.3, 0.4) is 0 Å². The van der Waals surface area contributed by atoms with Gasteiger partial charge in [-0.1, -0.05) is 26.2 Å². The highest BCUT2D eigenvalue weighted by Gasteiger charge is 2.02. The smallest absolute Gasteiger partial charge is 0.258 e. The average Bonchev–Trinajstić information content (AvgIpc) is 2.38. The van der Waals surface area contributed by atoms with Crippen molar-refractivity contribution in [2.45, 2.75) is 32.6 Å². The molecule has 0 amide bonds. The van der Waals surface area contributed by atoms with E-state index in [1.165, 1.54) is 31.4 Å². The highest BCUT2D eigenvalue weighted by molar-refractivity contribution is 5.54. The fourth-order valence-corrected chi connectivity index (χ4v) is 1.41. The molecular weight excluding hydrogens is 230 g/mol. The summed E-state index contributed by atoms with van der Waals surface area (Å²) >= 11 is 0. The summed E-state index contributed by atoms with van der Waals surface area (Å²) in [4.78, 5) is 18.0. The zero-order chi connectivity index (χ0) is 13.2. The van der Waals surface area contributed by atoms with Crippen LogP contribution >= 0.6 is 0 Å². The van der Waals surface area contributed by atoms with E-state index in [1.54, 1.807) is 12.1 Å². The largest absolute Gasteiger partial charge is 0.269 e. The van der Waals surface area contributed by atoms with E-state index in [1.807, 2.05) is 0 Å². The van der Waals surface area contributed by atoms with Crippen molar-refractivity contribution in [1.82, 2.24) is 0 Å². The molecule has 96 valence electrons. The van der Waals surface area contributed by atoms with Crippen molar-refractivity contribution in [2.75, 3.05) is 6.54 Å². The lowest BCUT2D eigenvalue weighted by atomic mass is 10.2. The standard InChI is InChI=1S/C13H17N3O2/c1-2-3-4-5-10-14-11-15-12-6-8-13(9-7-12)16(17)18/h6-9H,2-5,10H2,1H3. The SMILES string of the molecule is CCCCCCN=C=Nc1ccc([N+](=O)[O-])cc1. The number of nitro groups is 1. The lowest BCUT2D eigenvalue weighted by Gasteiger charge is -1.92. The Hall–Kier alpha value is -2.00. The van der Waals surface area contributed by atoms with Crippen LogP contribution in [0.2, 0.25) is 0 Å². The minimum Gasteiger partial charge on any atom is -0.258 e. The van der Waals surface area contributed by atoms with Gasteiger partial charge in [-0.15, -0.1) is 0 Å². The molecule has 0 spiro atoms. The molecule has 0 N–H and O–H groups in total. The highest BCUT2D eigenvalue weighted by Crippen LogP contribution is 2.16.